The summed E-state index contributed by atoms with van der Waals surface area (Å²) in [7, 11) is 0. The third kappa shape index (κ3) is 3.29. The van der Waals surface area contributed by atoms with Gasteiger partial charge in [0, 0.05) is 43.8 Å². The van der Waals surface area contributed by atoms with Crippen molar-refractivity contribution in [3.05, 3.63) is 65.5 Å². The Morgan fingerprint density at radius 1 is 1.14 bits per heavy atom. The van der Waals surface area contributed by atoms with Gasteiger partial charge in [-0.25, -0.2) is 9.78 Å². The second-order valence-corrected chi connectivity index (χ2v) is 6.57. The number of nitrogens with one attached hydrogen (secondary N) is 1. The highest BCUT2D eigenvalue weighted by molar-refractivity contribution is 5.88. The van der Waals surface area contributed by atoms with Crippen molar-refractivity contribution in [3.63, 3.8) is 0 Å². The van der Waals surface area contributed by atoms with Crippen LogP contribution in [0.25, 0.3) is 11.0 Å². The van der Waals surface area contributed by atoms with Crippen molar-refractivity contribution in [1.82, 2.24) is 19.6 Å². The van der Waals surface area contributed by atoms with Gasteiger partial charge in [-0.2, -0.15) is 4.98 Å². The Hall–Kier alpha value is -3.75. The van der Waals surface area contributed by atoms with Crippen LogP contribution >= 0.6 is 0 Å². The van der Waals surface area contributed by atoms with Crippen molar-refractivity contribution < 1.29 is 5.21 Å². The SMILES string of the molecule is C=C(N)N1CCN(c2ccc(Nc3nc(=O)n(O)c4ncccc34)cc2)CC1. The number of aromatic nitrogens is 3. The minimum atomic E-state index is -0.787. The first-order chi connectivity index (χ1) is 13.5. The third-order valence-corrected chi connectivity index (χ3v) is 4.81. The predicted molar refractivity (Wildman–Crippen MR) is 108 cm³/mol. The Morgan fingerprint density at radius 2 is 1.86 bits per heavy atom. The van der Waals surface area contributed by atoms with Crippen molar-refractivity contribution in [2.45, 2.75) is 0 Å². The van der Waals surface area contributed by atoms with Gasteiger partial charge in [-0.05, 0) is 36.4 Å². The number of pyridine rings is 1. The molecule has 0 radical (unpaired) electrons. The summed E-state index contributed by atoms with van der Waals surface area (Å²) in [6.07, 6.45) is 1.51. The van der Waals surface area contributed by atoms with E-state index in [1.165, 1.54) is 6.20 Å². The average molecular weight is 379 g/mol. The number of anilines is 3. The lowest BCUT2D eigenvalue weighted by Gasteiger charge is -2.37. The van der Waals surface area contributed by atoms with E-state index in [-0.39, 0.29) is 5.65 Å². The minimum Gasteiger partial charge on any atom is -0.422 e. The maximum Gasteiger partial charge on any atom is 0.384 e. The molecule has 0 bridgehead atoms. The zero-order chi connectivity index (χ0) is 19.7. The number of nitrogens with two attached hydrogens (primary N) is 1. The molecule has 1 aliphatic rings. The molecule has 1 fully saturated rings. The summed E-state index contributed by atoms with van der Waals surface area (Å²) < 4.78 is 0.444. The van der Waals surface area contributed by atoms with E-state index in [0.717, 1.165) is 37.6 Å². The van der Waals surface area contributed by atoms with E-state index in [1.807, 2.05) is 24.3 Å². The van der Waals surface area contributed by atoms with Gasteiger partial charge < -0.3 is 26.1 Å². The molecule has 0 amide bonds. The van der Waals surface area contributed by atoms with Gasteiger partial charge in [-0.15, -0.1) is 4.73 Å². The summed E-state index contributed by atoms with van der Waals surface area (Å²) in [6, 6.07) is 11.4. The Kier molecular flexibility index (Phi) is 4.48. The summed E-state index contributed by atoms with van der Waals surface area (Å²) in [4.78, 5) is 24.2. The van der Waals surface area contributed by atoms with Gasteiger partial charge >= 0.3 is 5.69 Å². The molecule has 3 aromatic rings. The minimum absolute atomic E-state index is 0.154. The van der Waals surface area contributed by atoms with Gasteiger partial charge in [-0.1, -0.05) is 6.58 Å². The van der Waals surface area contributed by atoms with E-state index in [2.05, 4.69) is 31.7 Å². The van der Waals surface area contributed by atoms with Crippen LogP contribution in [0.3, 0.4) is 0 Å². The second kappa shape index (κ2) is 7.10. The lowest BCUT2D eigenvalue weighted by molar-refractivity contribution is 0.182. The normalized spacial score (nSPS) is 14.3. The standard InChI is InChI=1S/C19H21N7O2/c1-13(20)24-9-11-25(12-10-24)15-6-4-14(5-7-15)22-17-16-3-2-8-21-18(16)26(28)19(27)23-17/h2-8,28H,1,9-12,20H2,(H,22,23,27). The molecule has 9 heteroatoms. The molecule has 0 saturated carbocycles. The molecule has 1 aliphatic heterocycles. The first kappa shape index (κ1) is 17.7. The molecule has 28 heavy (non-hydrogen) atoms. The van der Waals surface area contributed by atoms with Crippen LogP contribution < -0.4 is 21.6 Å². The largest absolute Gasteiger partial charge is 0.422 e. The summed E-state index contributed by atoms with van der Waals surface area (Å²) in [5.41, 5.74) is 7.02. The van der Waals surface area contributed by atoms with E-state index >= 15 is 0 Å². The van der Waals surface area contributed by atoms with E-state index in [1.54, 1.807) is 12.1 Å². The highest BCUT2D eigenvalue weighted by atomic mass is 16.5. The second-order valence-electron chi connectivity index (χ2n) is 6.57. The van der Waals surface area contributed by atoms with Gasteiger partial charge in [0.1, 0.15) is 5.82 Å². The fourth-order valence-electron chi connectivity index (χ4n) is 3.28. The van der Waals surface area contributed by atoms with Crippen molar-refractivity contribution in [2.24, 2.45) is 5.73 Å². The van der Waals surface area contributed by atoms with Crippen molar-refractivity contribution >= 4 is 28.2 Å². The molecular weight excluding hydrogens is 358 g/mol. The van der Waals surface area contributed by atoms with Gasteiger partial charge in [0.15, 0.2) is 5.65 Å². The molecular formula is C19H21N7O2. The van der Waals surface area contributed by atoms with Crippen LogP contribution in [0.5, 0.6) is 0 Å². The Morgan fingerprint density at radius 3 is 2.54 bits per heavy atom. The van der Waals surface area contributed by atoms with Gasteiger partial charge in [0.25, 0.3) is 0 Å². The predicted octanol–water partition coefficient (Wildman–Crippen LogP) is 1.32. The quantitative estimate of drug-likeness (QED) is 0.582. The first-order valence-electron chi connectivity index (χ1n) is 8.91. The maximum atomic E-state index is 11.9. The molecule has 0 aliphatic carbocycles. The highest BCUT2D eigenvalue weighted by Crippen LogP contribution is 2.24. The van der Waals surface area contributed by atoms with Crippen molar-refractivity contribution in [2.75, 3.05) is 36.4 Å². The van der Waals surface area contributed by atoms with E-state index in [0.29, 0.717) is 21.8 Å². The van der Waals surface area contributed by atoms with Crippen molar-refractivity contribution in [1.29, 1.82) is 0 Å². The molecule has 4 rings (SSSR count). The summed E-state index contributed by atoms with van der Waals surface area (Å²) in [6.45, 7) is 7.22. The topological polar surface area (TPSA) is 113 Å². The maximum absolute atomic E-state index is 11.9. The van der Waals surface area contributed by atoms with Gasteiger partial charge in [0.2, 0.25) is 0 Å². The number of nitrogens with zero attached hydrogens (tertiary/aromatic N) is 5. The molecule has 0 spiro atoms. The van der Waals surface area contributed by atoms with Crippen molar-refractivity contribution in [3.8, 4) is 0 Å². The van der Waals surface area contributed by atoms with Crippen LogP contribution in [0.4, 0.5) is 17.2 Å². The summed E-state index contributed by atoms with van der Waals surface area (Å²) in [5, 5.41) is 13.5. The summed E-state index contributed by atoms with van der Waals surface area (Å²) >= 11 is 0. The van der Waals surface area contributed by atoms with Crippen LogP contribution in [-0.4, -0.2) is 51.0 Å². The molecule has 0 unspecified atom stereocenters. The molecule has 3 heterocycles. The Balaban J connectivity index is 1.53. The number of piperazine rings is 1. The Bertz CT molecular complexity index is 1070. The fourth-order valence-corrected chi connectivity index (χ4v) is 3.28. The van der Waals surface area contributed by atoms with Crippen LogP contribution in [0.2, 0.25) is 0 Å². The molecule has 144 valence electrons. The smallest absolute Gasteiger partial charge is 0.384 e. The van der Waals surface area contributed by atoms with E-state index in [4.69, 9.17) is 5.73 Å². The zero-order valence-electron chi connectivity index (χ0n) is 15.2. The zero-order valence-corrected chi connectivity index (χ0v) is 15.2. The number of rotatable bonds is 4. The van der Waals surface area contributed by atoms with Gasteiger partial charge in [0.05, 0.1) is 11.2 Å². The number of fused-ring (bicyclic) bond motifs is 1. The third-order valence-electron chi connectivity index (χ3n) is 4.81. The lowest BCUT2D eigenvalue weighted by Crippen LogP contribution is -2.47. The van der Waals surface area contributed by atoms with Crippen LogP contribution in [-0.2, 0) is 0 Å². The van der Waals surface area contributed by atoms with Crippen LogP contribution in [0, 0.1) is 0 Å². The highest BCUT2D eigenvalue weighted by Gasteiger charge is 2.17. The van der Waals surface area contributed by atoms with Crippen LogP contribution in [0.1, 0.15) is 0 Å². The first-order valence-corrected chi connectivity index (χ1v) is 8.91. The Labute approximate surface area is 161 Å². The molecule has 2 aromatic heterocycles. The number of hydrogen-bond donors (Lipinski definition) is 3. The van der Waals surface area contributed by atoms with Crippen LogP contribution in [0.15, 0.2) is 59.8 Å². The van der Waals surface area contributed by atoms with Gasteiger partial charge in [-0.3, -0.25) is 0 Å². The molecule has 4 N–H and O–H groups in total. The lowest BCUT2D eigenvalue weighted by atomic mass is 10.2. The number of hydrogen-bond acceptors (Lipinski definition) is 8. The van der Waals surface area contributed by atoms with E-state index < -0.39 is 5.69 Å². The molecule has 0 atom stereocenters. The molecule has 9 nitrogen and oxygen atoms in total. The monoisotopic (exact) mass is 379 g/mol. The van der Waals surface area contributed by atoms with E-state index in [9.17, 15) is 10.0 Å². The average Bonchev–Trinajstić information content (AvgIpc) is 2.72. The molecule has 1 aromatic carbocycles. The fraction of sp³-hybridized carbons (Fsp3) is 0.211. The molecule has 1 saturated heterocycles. The number of benzene rings is 1. The summed E-state index contributed by atoms with van der Waals surface area (Å²) in [5.74, 6) is 0.958.